The van der Waals surface area contributed by atoms with E-state index in [1.54, 1.807) is 4.90 Å². The number of likely N-dealkylation sites (N-methyl/N-ethyl adjacent to an activating group) is 1. The third-order valence-electron chi connectivity index (χ3n) is 3.60. The predicted molar refractivity (Wildman–Crippen MR) is 75.5 cm³/mol. The summed E-state index contributed by atoms with van der Waals surface area (Å²) in [5, 5.41) is 10.9. The van der Waals surface area contributed by atoms with E-state index in [9.17, 15) is 14.9 Å². The molecule has 1 heterocycles. The molecule has 0 aliphatic carbocycles. The van der Waals surface area contributed by atoms with Crippen LogP contribution in [0.25, 0.3) is 0 Å². The van der Waals surface area contributed by atoms with E-state index >= 15 is 0 Å². The van der Waals surface area contributed by atoms with Crippen molar-refractivity contribution in [2.45, 2.75) is 13.0 Å². The molecule has 0 bridgehead atoms. The van der Waals surface area contributed by atoms with Crippen LogP contribution in [0, 0.1) is 10.1 Å². The number of nitro benzene ring substituents is 1. The summed E-state index contributed by atoms with van der Waals surface area (Å²) in [6.45, 7) is 4.12. The van der Waals surface area contributed by atoms with Crippen LogP contribution in [0.1, 0.15) is 17.3 Å². The Morgan fingerprint density at radius 1 is 1.45 bits per heavy atom. The van der Waals surface area contributed by atoms with E-state index in [1.165, 1.54) is 18.2 Å². The minimum absolute atomic E-state index is 0.0555. The highest BCUT2D eigenvalue weighted by Gasteiger charge is 2.29. The fraction of sp³-hybridized carbons (Fsp3) is 0.462. The Hall–Kier alpha value is -2.15. The molecule has 1 amide bonds. The smallest absolute Gasteiger partial charge is 0.292 e. The van der Waals surface area contributed by atoms with E-state index in [-0.39, 0.29) is 28.9 Å². The van der Waals surface area contributed by atoms with E-state index in [0.717, 1.165) is 13.1 Å². The molecule has 108 valence electrons. The van der Waals surface area contributed by atoms with Gasteiger partial charge in [-0.3, -0.25) is 14.9 Å². The molecule has 7 nitrogen and oxygen atoms in total. The number of amides is 1. The summed E-state index contributed by atoms with van der Waals surface area (Å²) in [6.07, 6.45) is 0. The first kappa shape index (κ1) is 14.3. The van der Waals surface area contributed by atoms with Crippen LogP contribution in [0.5, 0.6) is 0 Å². The van der Waals surface area contributed by atoms with Gasteiger partial charge in [0.05, 0.1) is 10.5 Å². The van der Waals surface area contributed by atoms with E-state index in [2.05, 4.69) is 4.90 Å². The second-order valence-corrected chi connectivity index (χ2v) is 5.11. The SMILES string of the molecule is CC1CN(C)CCN1C(=O)c1cccc([N+](=O)[O-])c1N. The van der Waals surface area contributed by atoms with Crippen molar-refractivity contribution in [3.63, 3.8) is 0 Å². The van der Waals surface area contributed by atoms with Crippen molar-refractivity contribution in [3.8, 4) is 0 Å². The highest BCUT2D eigenvalue weighted by Crippen LogP contribution is 2.26. The molecule has 0 aromatic heterocycles. The zero-order valence-corrected chi connectivity index (χ0v) is 11.6. The van der Waals surface area contributed by atoms with Gasteiger partial charge in [-0.15, -0.1) is 0 Å². The van der Waals surface area contributed by atoms with Crippen molar-refractivity contribution in [1.29, 1.82) is 0 Å². The van der Waals surface area contributed by atoms with Crippen molar-refractivity contribution in [3.05, 3.63) is 33.9 Å². The number of anilines is 1. The highest BCUT2D eigenvalue weighted by molar-refractivity contribution is 6.01. The quantitative estimate of drug-likeness (QED) is 0.494. The highest BCUT2D eigenvalue weighted by atomic mass is 16.6. The van der Waals surface area contributed by atoms with Gasteiger partial charge in [0.2, 0.25) is 0 Å². The Balaban J connectivity index is 2.30. The van der Waals surface area contributed by atoms with E-state index < -0.39 is 4.92 Å². The van der Waals surface area contributed by atoms with Crippen molar-refractivity contribution in [1.82, 2.24) is 9.80 Å². The van der Waals surface area contributed by atoms with Crippen LogP contribution in [-0.4, -0.2) is 53.4 Å². The lowest BCUT2D eigenvalue weighted by molar-refractivity contribution is -0.383. The number of rotatable bonds is 2. The van der Waals surface area contributed by atoms with E-state index in [4.69, 9.17) is 5.73 Å². The van der Waals surface area contributed by atoms with Crippen molar-refractivity contribution in [2.75, 3.05) is 32.4 Å². The normalized spacial score (nSPS) is 19.9. The first-order valence-electron chi connectivity index (χ1n) is 6.44. The number of benzene rings is 1. The number of piperazine rings is 1. The Morgan fingerprint density at radius 3 is 2.75 bits per heavy atom. The van der Waals surface area contributed by atoms with Crippen LogP contribution in [0.2, 0.25) is 0 Å². The molecule has 1 aromatic rings. The van der Waals surface area contributed by atoms with E-state index in [1.807, 2.05) is 14.0 Å². The Kier molecular flexibility index (Phi) is 3.89. The third-order valence-corrected chi connectivity index (χ3v) is 3.60. The molecule has 1 fully saturated rings. The molecular weight excluding hydrogens is 260 g/mol. The van der Waals surface area contributed by atoms with Gasteiger partial charge in [-0.05, 0) is 20.0 Å². The maximum Gasteiger partial charge on any atom is 0.292 e. The molecule has 2 N–H and O–H groups in total. The van der Waals surface area contributed by atoms with Crippen molar-refractivity contribution in [2.24, 2.45) is 0 Å². The summed E-state index contributed by atoms with van der Waals surface area (Å²) in [7, 11) is 2.00. The first-order valence-corrected chi connectivity index (χ1v) is 6.44. The first-order chi connectivity index (χ1) is 9.41. The largest absolute Gasteiger partial charge is 0.393 e. The molecule has 0 spiro atoms. The maximum atomic E-state index is 12.5. The molecule has 1 aromatic carbocycles. The van der Waals surface area contributed by atoms with Gasteiger partial charge in [0.15, 0.2) is 0 Å². The Morgan fingerprint density at radius 2 is 2.15 bits per heavy atom. The van der Waals surface area contributed by atoms with Gasteiger partial charge in [0.1, 0.15) is 5.69 Å². The monoisotopic (exact) mass is 278 g/mol. The molecule has 0 saturated carbocycles. The lowest BCUT2D eigenvalue weighted by Gasteiger charge is -2.38. The zero-order chi connectivity index (χ0) is 14.9. The molecule has 0 radical (unpaired) electrons. The molecule has 1 atom stereocenters. The fourth-order valence-corrected chi connectivity index (χ4v) is 2.49. The maximum absolute atomic E-state index is 12.5. The number of carbonyl (C=O) groups excluding carboxylic acids is 1. The van der Waals surface area contributed by atoms with Crippen molar-refractivity contribution >= 4 is 17.3 Å². The summed E-state index contributed by atoms with van der Waals surface area (Å²) in [5.41, 5.74) is 5.68. The topological polar surface area (TPSA) is 92.7 Å². The number of nitrogen functional groups attached to an aromatic ring is 1. The molecule has 1 aliphatic rings. The molecule has 20 heavy (non-hydrogen) atoms. The predicted octanol–water partition coefficient (Wildman–Crippen LogP) is 0.953. The van der Waals surface area contributed by atoms with E-state index in [0.29, 0.717) is 6.54 Å². The van der Waals surface area contributed by atoms with Gasteiger partial charge < -0.3 is 15.5 Å². The average Bonchev–Trinajstić information content (AvgIpc) is 2.38. The van der Waals surface area contributed by atoms with Crippen LogP contribution in [0.4, 0.5) is 11.4 Å². The summed E-state index contributed by atoms with van der Waals surface area (Å²) >= 11 is 0. The van der Waals surface area contributed by atoms with Gasteiger partial charge in [-0.2, -0.15) is 0 Å². The number of hydrogen-bond acceptors (Lipinski definition) is 5. The van der Waals surface area contributed by atoms with Crippen molar-refractivity contribution < 1.29 is 9.72 Å². The summed E-state index contributed by atoms with van der Waals surface area (Å²) in [5.74, 6) is -0.244. The summed E-state index contributed by atoms with van der Waals surface area (Å²) in [6, 6.07) is 4.39. The number of nitrogens with two attached hydrogens (primary N) is 1. The second-order valence-electron chi connectivity index (χ2n) is 5.11. The van der Waals surface area contributed by atoms with Gasteiger partial charge in [0.25, 0.3) is 11.6 Å². The molecule has 1 saturated heterocycles. The molecule has 1 aliphatic heterocycles. The number of nitro groups is 1. The van der Waals surface area contributed by atoms with Crippen LogP contribution in [0.15, 0.2) is 18.2 Å². The number of hydrogen-bond donors (Lipinski definition) is 1. The van der Waals surface area contributed by atoms with Gasteiger partial charge in [0, 0.05) is 31.7 Å². The molecule has 2 rings (SSSR count). The standard InChI is InChI=1S/C13H18N4O3/c1-9-8-15(2)6-7-16(9)13(18)10-4-3-5-11(12(10)14)17(19)20/h3-5,9H,6-8,14H2,1-2H3. The van der Waals surface area contributed by atoms with Gasteiger partial charge in [-0.1, -0.05) is 6.07 Å². The number of para-hydroxylation sites is 1. The minimum Gasteiger partial charge on any atom is -0.393 e. The lowest BCUT2D eigenvalue weighted by atomic mass is 10.1. The van der Waals surface area contributed by atoms with Crippen LogP contribution >= 0.6 is 0 Å². The van der Waals surface area contributed by atoms with Gasteiger partial charge in [-0.25, -0.2) is 0 Å². The summed E-state index contributed by atoms with van der Waals surface area (Å²) in [4.78, 5) is 26.7. The van der Waals surface area contributed by atoms with Crippen LogP contribution in [-0.2, 0) is 0 Å². The number of nitrogens with zero attached hydrogens (tertiary/aromatic N) is 3. The Labute approximate surface area is 117 Å². The molecule has 7 heteroatoms. The fourth-order valence-electron chi connectivity index (χ4n) is 2.49. The van der Waals surface area contributed by atoms with Crippen LogP contribution in [0.3, 0.4) is 0 Å². The Bertz CT molecular complexity index is 546. The molecule has 1 unspecified atom stereocenters. The average molecular weight is 278 g/mol. The lowest BCUT2D eigenvalue weighted by Crippen LogP contribution is -2.52. The van der Waals surface area contributed by atoms with Gasteiger partial charge >= 0.3 is 0 Å². The number of carbonyl (C=O) groups is 1. The zero-order valence-electron chi connectivity index (χ0n) is 11.6. The summed E-state index contributed by atoms with van der Waals surface area (Å²) < 4.78 is 0. The third kappa shape index (κ3) is 2.57. The molecular formula is C13H18N4O3. The van der Waals surface area contributed by atoms with Crippen LogP contribution < -0.4 is 5.73 Å². The minimum atomic E-state index is -0.570. The second kappa shape index (κ2) is 5.46.